The van der Waals surface area contributed by atoms with E-state index in [2.05, 4.69) is 15.3 Å². The van der Waals surface area contributed by atoms with Crippen LogP contribution in [-0.4, -0.2) is 51.5 Å². The number of nitrogens with zero attached hydrogens (tertiary/aromatic N) is 3. The molecular weight excluding hydrogens is 236 g/mol. The summed E-state index contributed by atoms with van der Waals surface area (Å²) in [6, 6.07) is -0.492. The van der Waals surface area contributed by atoms with Gasteiger partial charge in [0.15, 0.2) is 5.69 Å². The van der Waals surface area contributed by atoms with E-state index in [1.807, 2.05) is 6.92 Å². The zero-order chi connectivity index (χ0) is 13.7. The van der Waals surface area contributed by atoms with Crippen molar-refractivity contribution in [2.75, 3.05) is 18.9 Å². The first-order valence-corrected chi connectivity index (χ1v) is 5.52. The number of carboxylic acid groups (broad SMARTS) is 1. The molecule has 1 atom stereocenters. The van der Waals surface area contributed by atoms with Crippen LogP contribution in [0.3, 0.4) is 0 Å². The smallest absolute Gasteiger partial charge is 0.356 e. The van der Waals surface area contributed by atoms with E-state index in [0.29, 0.717) is 6.54 Å². The van der Waals surface area contributed by atoms with Crippen LogP contribution in [0.15, 0.2) is 12.4 Å². The highest BCUT2D eigenvalue weighted by Crippen LogP contribution is 2.05. The molecule has 1 amide bonds. The Labute approximate surface area is 105 Å². The Morgan fingerprint density at radius 3 is 2.72 bits per heavy atom. The van der Waals surface area contributed by atoms with E-state index in [-0.39, 0.29) is 17.4 Å². The van der Waals surface area contributed by atoms with Crippen LogP contribution < -0.4 is 5.32 Å². The third kappa shape index (κ3) is 3.41. The number of aromatic nitrogens is 2. The Morgan fingerprint density at radius 1 is 1.50 bits per heavy atom. The maximum absolute atomic E-state index is 11.8. The minimum atomic E-state index is -1.16. The predicted molar refractivity (Wildman–Crippen MR) is 65.4 cm³/mol. The monoisotopic (exact) mass is 252 g/mol. The summed E-state index contributed by atoms with van der Waals surface area (Å²) in [5, 5.41) is 11.6. The van der Waals surface area contributed by atoms with Gasteiger partial charge in [0, 0.05) is 13.6 Å². The van der Waals surface area contributed by atoms with Crippen LogP contribution in [0.2, 0.25) is 0 Å². The lowest BCUT2D eigenvalue weighted by Gasteiger charge is -2.20. The molecule has 7 heteroatoms. The van der Waals surface area contributed by atoms with Crippen LogP contribution in [0.1, 0.15) is 24.3 Å². The molecule has 0 aliphatic rings. The van der Waals surface area contributed by atoms with E-state index in [1.165, 1.54) is 6.20 Å². The highest BCUT2D eigenvalue weighted by atomic mass is 16.4. The maximum Gasteiger partial charge on any atom is 0.356 e. The van der Waals surface area contributed by atoms with Crippen LogP contribution in [0, 0.1) is 0 Å². The molecule has 1 aromatic heterocycles. The van der Waals surface area contributed by atoms with Crippen molar-refractivity contribution in [1.29, 1.82) is 0 Å². The van der Waals surface area contributed by atoms with Crippen molar-refractivity contribution < 1.29 is 14.7 Å². The summed E-state index contributed by atoms with van der Waals surface area (Å²) in [4.78, 5) is 31.7. The zero-order valence-electron chi connectivity index (χ0n) is 10.5. The fraction of sp³-hybridized carbons (Fsp3) is 0.455. The Hall–Kier alpha value is -2.18. The lowest BCUT2D eigenvalue weighted by molar-refractivity contribution is -0.130. The van der Waals surface area contributed by atoms with E-state index >= 15 is 0 Å². The van der Waals surface area contributed by atoms with Gasteiger partial charge in [0.1, 0.15) is 11.9 Å². The number of anilines is 1. The summed E-state index contributed by atoms with van der Waals surface area (Å²) < 4.78 is 0. The summed E-state index contributed by atoms with van der Waals surface area (Å²) in [7, 11) is 1.69. The first-order valence-electron chi connectivity index (χ1n) is 5.52. The Morgan fingerprint density at radius 2 is 2.17 bits per heavy atom. The average molecular weight is 252 g/mol. The summed E-state index contributed by atoms with van der Waals surface area (Å²) >= 11 is 0. The van der Waals surface area contributed by atoms with Crippen LogP contribution in [0.4, 0.5) is 5.82 Å². The summed E-state index contributed by atoms with van der Waals surface area (Å²) in [5.74, 6) is -0.990. The van der Waals surface area contributed by atoms with Crippen molar-refractivity contribution >= 4 is 17.7 Å². The summed E-state index contributed by atoms with van der Waals surface area (Å²) in [5.41, 5.74) is -0.163. The average Bonchev–Trinajstić information content (AvgIpc) is 2.37. The van der Waals surface area contributed by atoms with E-state index in [4.69, 9.17) is 5.11 Å². The number of carbonyl (C=O) groups excluding carboxylic acids is 1. The van der Waals surface area contributed by atoms with E-state index in [0.717, 1.165) is 6.20 Å². The fourth-order valence-electron chi connectivity index (χ4n) is 1.31. The third-order valence-corrected chi connectivity index (χ3v) is 2.44. The van der Waals surface area contributed by atoms with Crippen molar-refractivity contribution in [3.05, 3.63) is 18.1 Å². The highest BCUT2D eigenvalue weighted by Gasteiger charge is 2.17. The standard InChI is InChI=1S/C11H16N4O3/c1-4-15(3)10(16)7(2)13-9-6-12-5-8(14-9)11(17)18/h5-7H,4H2,1-3H3,(H,13,14)(H,17,18). The molecule has 1 rings (SSSR count). The second-order valence-corrected chi connectivity index (χ2v) is 3.81. The fourth-order valence-corrected chi connectivity index (χ4v) is 1.31. The third-order valence-electron chi connectivity index (χ3n) is 2.44. The number of aromatic carboxylic acids is 1. The molecule has 0 saturated heterocycles. The molecule has 2 N–H and O–H groups in total. The van der Waals surface area contributed by atoms with Crippen LogP contribution in [0.5, 0.6) is 0 Å². The van der Waals surface area contributed by atoms with Gasteiger partial charge < -0.3 is 15.3 Å². The molecule has 0 saturated carbocycles. The number of amides is 1. The lowest BCUT2D eigenvalue weighted by atomic mass is 10.3. The van der Waals surface area contributed by atoms with E-state index in [1.54, 1.807) is 18.9 Å². The van der Waals surface area contributed by atoms with Gasteiger partial charge in [-0.2, -0.15) is 0 Å². The molecule has 18 heavy (non-hydrogen) atoms. The van der Waals surface area contributed by atoms with Crippen LogP contribution >= 0.6 is 0 Å². The quantitative estimate of drug-likeness (QED) is 0.790. The van der Waals surface area contributed by atoms with Crippen LogP contribution in [0.25, 0.3) is 0 Å². The number of carboxylic acids is 1. The number of hydrogen-bond donors (Lipinski definition) is 2. The number of carbonyl (C=O) groups is 2. The van der Waals surface area contributed by atoms with Gasteiger partial charge in [-0.1, -0.05) is 0 Å². The predicted octanol–water partition coefficient (Wildman–Crippen LogP) is 0.453. The summed E-state index contributed by atoms with van der Waals surface area (Å²) in [6.45, 7) is 4.16. The number of hydrogen-bond acceptors (Lipinski definition) is 5. The topological polar surface area (TPSA) is 95.4 Å². The molecule has 0 radical (unpaired) electrons. The van der Waals surface area contributed by atoms with Gasteiger partial charge in [-0.25, -0.2) is 9.78 Å². The van der Waals surface area contributed by atoms with Gasteiger partial charge in [0.25, 0.3) is 0 Å². The molecule has 0 bridgehead atoms. The largest absolute Gasteiger partial charge is 0.476 e. The molecule has 1 unspecified atom stereocenters. The Balaban J connectivity index is 2.75. The molecule has 7 nitrogen and oxygen atoms in total. The van der Waals surface area contributed by atoms with Gasteiger partial charge in [0.05, 0.1) is 12.4 Å². The van der Waals surface area contributed by atoms with Gasteiger partial charge in [-0.3, -0.25) is 9.78 Å². The minimum Gasteiger partial charge on any atom is -0.476 e. The van der Waals surface area contributed by atoms with Gasteiger partial charge in [-0.05, 0) is 13.8 Å². The molecule has 0 fully saturated rings. The first-order chi connectivity index (χ1) is 8.45. The second-order valence-electron chi connectivity index (χ2n) is 3.81. The zero-order valence-corrected chi connectivity index (χ0v) is 10.5. The molecule has 0 aliphatic heterocycles. The molecule has 0 aliphatic carbocycles. The number of rotatable bonds is 5. The SMILES string of the molecule is CCN(C)C(=O)C(C)Nc1cncc(C(=O)O)n1. The van der Waals surface area contributed by atoms with Crippen molar-refractivity contribution in [2.24, 2.45) is 0 Å². The lowest BCUT2D eigenvalue weighted by Crippen LogP contribution is -2.39. The molecule has 98 valence electrons. The van der Waals surface area contributed by atoms with Crippen molar-refractivity contribution in [3.63, 3.8) is 0 Å². The molecule has 1 aromatic rings. The molecular formula is C11H16N4O3. The number of nitrogens with one attached hydrogen (secondary N) is 1. The molecule has 0 spiro atoms. The molecule has 0 aromatic carbocycles. The second kappa shape index (κ2) is 5.95. The Kier molecular flexibility index (Phi) is 4.59. The minimum absolute atomic E-state index is 0.0972. The maximum atomic E-state index is 11.8. The summed E-state index contributed by atoms with van der Waals surface area (Å²) in [6.07, 6.45) is 2.53. The normalized spacial score (nSPS) is 11.7. The molecule has 1 heterocycles. The van der Waals surface area contributed by atoms with Crippen LogP contribution in [-0.2, 0) is 4.79 Å². The number of likely N-dealkylation sites (N-methyl/N-ethyl adjacent to an activating group) is 1. The van der Waals surface area contributed by atoms with Gasteiger partial charge >= 0.3 is 5.97 Å². The van der Waals surface area contributed by atoms with Crippen molar-refractivity contribution in [2.45, 2.75) is 19.9 Å². The first kappa shape index (κ1) is 13.9. The van der Waals surface area contributed by atoms with Gasteiger partial charge in [-0.15, -0.1) is 0 Å². The van der Waals surface area contributed by atoms with Gasteiger partial charge in [0.2, 0.25) is 5.91 Å². The van der Waals surface area contributed by atoms with Crippen molar-refractivity contribution in [1.82, 2.24) is 14.9 Å². The van der Waals surface area contributed by atoms with E-state index < -0.39 is 12.0 Å². The van der Waals surface area contributed by atoms with E-state index in [9.17, 15) is 9.59 Å². The van der Waals surface area contributed by atoms with Crippen molar-refractivity contribution in [3.8, 4) is 0 Å². The highest BCUT2D eigenvalue weighted by molar-refractivity contribution is 5.86. The Bertz CT molecular complexity index is 450.